The molecule has 0 aromatic carbocycles. The molecule has 0 radical (unpaired) electrons. The summed E-state index contributed by atoms with van der Waals surface area (Å²) in [5.74, 6) is 1.11. The summed E-state index contributed by atoms with van der Waals surface area (Å²) in [4.78, 5) is 4.30. The molecule has 2 heterocycles. The molecule has 1 unspecified atom stereocenters. The first-order valence-corrected chi connectivity index (χ1v) is 5.85. The largest absolute Gasteiger partial charge is 0.338 e. The normalized spacial score (nSPS) is 12.9. The molecule has 0 bridgehead atoms. The summed E-state index contributed by atoms with van der Waals surface area (Å²) in [6.07, 6.45) is 8.69. The fourth-order valence-corrected chi connectivity index (χ4v) is 1.82. The molecule has 0 aliphatic rings. The first kappa shape index (κ1) is 11.9. The van der Waals surface area contributed by atoms with Gasteiger partial charge in [-0.05, 0) is 6.92 Å². The molecule has 0 fully saturated rings. The topological polar surface area (TPSA) is 47.7 Å². The van der Waals surface area contributed by atoms with E-state index in [0.29, 0.717) is 6.04 Å². The Morgan fingerprint density at radius 3 is 2.82 bits per heavy atom. The van der Waals surface area contributed by atoms with E-state index in [9.17, 15) is 0 Å². The second kappa shape index (κ2) is 5.14. The number of aromatic nitrogens is 4. The molecule has 0 spiro atoms. The Bertz CT molecular complexity index is 471. The molecular formula is C12H19N5. The van der Waals surface area contributed by atoms with Gasteiger partial charge in [-0.1, -0.05) is 0 Å². The fourth-order valence-electron chi connectivity index (χ4n) is 1.82. The highest BCUT2D eigenvalue weighted by atomic mass is 15.2. The molecule has 1 N–H and O–H groups in total. The van der Waals surface area contributed by atoms with Gasteiger partial charge in [0.25, 0.3) is 0 Å². The van der Waals surface area contributed by atoms with E-state index in [2.05, 4.69) is 26.9 Å². The second-order valence-corrected chi connectivity index (χ2v) is 4.33. The van der Waals surface area contributed by atoms with E-state index in [1.54, 1.807) is 0 Å². The lowest BCUT2D eigenvalue weighted by Crippen LogP contribution is -2.22. The van der Waals surface area contributed by atoms with Crippen molar-refractivity contribution in [1.29, 1.82) is 0 Å². The Balaban J connectivity index is 1.81. The summed E-state index contributed by atoms with van der Waals surface area (Å²) in [5.41, 5.74) is 1.22. The monoisotopic (exact) mass is 233 g/mol. The molecule has 0 aliphatic heterocycles. The fraction of sp³-hybridized carbons (Fsp3) is 0.500. The predicted molar refractivity (Wildman–Crippen MR) is 66.5 cm³/mol. The molecule has 92 valence electrons. The molecule has 5 nitrogen and oxygen atoms in total. The van der Waals surface area contributed by atoms with Crippen molar-refractivity contribution in [3.8, 4) is 0 Å². The number of imidazole rings is 1. The van der Waals surface area contributed by atoms with Gasteiger partial charge in [-0.3, -0.25) is 4.68 Å². The predicted octanol–water partition coefficient (Wildman–Crippen LogP) is 1.05. The standard InChI is InChI=1S/C12H19N5/c1-10(11-8-15-17(3)9-11)13-5-4-12-14-6-7-16(12)2/h6-10,13H,4-5H2,1-3H3. The number of rotatable bonds is 5. The van der Waals surface area contributed by atoms with Gasteiger partial charge >= 0.3 is 0 Å². The van der Waals surface area contributed by atoms with Gasteiger partial charge in [0.2, 0.25) is 0 Å². The molecule has 1 atom stereocenters. The van der Waals surface area contributed by atoms with Crippen molar-refractivity contribution in [1.82, 2.24) is 24.6 Å². The maximum absolute atomic E-state index is 4.30. The number of nitrogens with zero attached hydrogens (tertiary/aromatic N) is 4. The van der Waals surface area contributed by atoms with E-state index in [4.69, 9.17) is 0 Å². The van der Waals surface area contributed by atoms with Crippen molar-refractivity contribution in [3.63, 3.8) is 0 Å². The average molecular weight is 233 g/mol. The van der Waals surface area contributed by atoms with E-state index < -0.39 is 0 Å². The Morgan fingerprint density at radius 2 is 2.24 bits per heavy atom. The summed E-state index contributed by atoms with van der Waals surface area (Å²) in [6, 6.07) is 0.323. The molecule has 2 aromatic rings. The molecule has 2 aromatic heterocycles. The van der Waals surface area contributed by atoms with Crippen LogP contribution in [0.5, 0.6) is 0 Å². The lowest BCUT2D eigenvalue weighted by Gasteiger charge is -2.11. The Labute approximate surface area is 101 Å². The van der Waals surface area contributed by atoms with Gasteiger partial charge in [0.1, 0.15) is 5.82 Å². The molecule has 0 aliphatic carbocycles. The highest BCUT2D eigenvalue weighted by Crippen LogP contribution is 2.09. The minimum absolute atomic E-state index is 0.323. The lowest BCUT2D eigenvalue weighted by atomic mass is 10.2. The maximum Gasteiger partial charge on any atom is 0.109 e. The van der Waals surface area contributed by atoms with Crippen LogP contribution in [0.1, 0.15) is 24.4 Å². The van der Waals surface area contributed by atoms with E-state index >= 15 is 0 Å². The number of nitrogens with one attached hydrogen (secondary N) is 1. The molecule has 17 heavy (non-hydrogen) atoms. The Morgan fingerprint density at radius 1 is 1.41 bits per heavy atom. The zero-order valence-electron chi connectivity index (χ0n) is 10.6. The smallest absolute Gasteiger partial charge is 0.109 e. The summed E-state index contributed by atoms with van der Waals surface area (Å²) in [5, 5.41) is 7.64. The van der Waals surface area contributed by atoms with Crippen LogP contribution in [0.15, 0.2) is 24.8 Å². The highest BCUT2D eigenvalue weighted by Gasteiger charge is 2.07. The third kappa shape index (κ3) is 2.94. The number of hydrogen-bond acceptors (Lipinski definition) is 3. The summed E-state index contributed by atoms with van der Waals surface area (Å²) in [7, 11) is 3.96. The van der Waals surface area contributed by atoms with Gasteiger partial charge in [-0.2, -0.15) is 5.10 Å². The molecule has 0 saturated heterocycles. The minimum atomic E-state index is 0.323. The third-order valence-electron chi connectivity index (χ3n) is 2.94. The van der Waals surface area contributed by atoms with Crippen molar-refractivity contribution >= 4 is 0 Å². The van der Waals surface area contributed by atoms with Crippen LogP contribution < -0.4 is 5.32 Å². The maximum atomic E-state index is 4.30. The van der Waals surface area contributed by atoms with E-state index in [1.807, 2.05) is 43.6 Å². The van der Waals surface area contributed by atoms with Crippen molar-refractivity contribution in [2.24, 2.45) is 14.1 Å². The first-order chi connectivity index (χ1) is 8.16. The van der Waals surface area contributed by atoms with Gasteiger partial charge in [0.15, 0.2) is 0 Å². The third-order valence-corrected chi connectivity index (χ3v) is 2.94. The minimum Gasteiger partial charge on any atom is -0.338 e. The molecule has 2 rings (SSSR count). The van der Waals surface area contributed by atoms with E-state index in [1.165, 1.54) is 5.56 Å². The first-order valence-electron chi connectivity index (χ1n) is 5.85. The van der Waals surface area contributed by atoms with Crippen LogP contribution >= 0.6 is 0 Å². The van der Waals surface area contributed by atoms with Crippen LogP contribution in [0.4, 0.5) is 0 Å². The van der Waals surface area contributed by atoms with E-state index in [-0.39, 0.29) is 0 Å². The van der Waals surface area contributed by atoms with Crippen LogP contribution in [-0.4, -0.2) is 25.9 Å². The summed E-state index contributed by atoms with van der Waals surface area (Å²) >= 11 is 0. The molecular weight excluding hydrogens is 214 g/mol. The molecule has 0 amide bonds. The van der Waals surface area contributed by atoms with Crippen LogP contribution in [0.3, 0.4) is 0 Å². The highest BCUT2D eigenvalue weighted by molar-refractivity contribution is 5.08. The van der Waals surface area contributed by atoms with Crippen LogP contribution in [0.2, 0.25) is 0 Å². The Hall–Kier alpha value is -1.62. The Kier molecular flexibility index (Phi) is 3.58. The van der Waals surface area contributed by atoms with Crippen molar-refractivity contribution in [3.05, 3.63) is 36.2 Å². The molecule has 0 saturated carbocycles. The number of aryl methyl sites for hydroxylation is 2. The average Bonchev–Trinajstić information content (AvgIpc) is 2.88. The van der Waals surface area contributed by atoms with Gasteiger partial charge in [0.05, 0.1) is 6.20 Å². The van der Waals surface area contributed by atoms with Crippen LogP contribution in [0, 0.1) is 0 Å². The van der Waals surface area contributed by atoms with Crippen LogP contribution in [0.25, 0.3) is 0 Å². The van der Waals surface area contributed by atoms with Crippen molar-refractivity contribution in [2.75, 3.05) is 6.54 Å². The summed E-state index contributed by atoms with van der Waals surface area (Å²) < 4.78 is 3.88. The van der Waals surface area contributed by atoms with E-state index in [0.717, 1.165) is 18.8 Å². The lowest BCUT2D eigenvalue weighted by molar-refractivity contribution is 0.564. The van der Waals surface area contributed by atoms with Crippen molar-refractivity contribution < 1.29 is 0 Å². The zero-order valence-corrected chi connectivity index (χ0v) is 10.6. The molecule has 5 heteroatoms. The summed E-state index contributed by atoms with van der Waals surface area (Å²) in [6.45, 7) is 3.07. The van der Waals surface area contributed by atoms with Gasteiger partial charge < -0.3 is 9.88 Å². The van der Waals surface area contributed by atoms with Gasteiger partial charge in [-0.15, -0.1) is 0 Å². The van der Waals surface area contributed by atoms with Crippen molar-refractivity contribution in [2.45, 2.75) is 19.4 Å². The quantitative estimate of drug-likeness (QED) is 0.839. The zero-order chi connectivity index (χ0) is 12.3. The van der Waals surface area contributed by atoms with Gasteiger partial charge in [0, 0.05) is 57.3 Å². The SMILES string of the molecule is CC(NCCc1nccn1C)c1cnn(C)c1. The number of hydrogen-bond donors (Lipinski definition) is 1. The van der Waals surface area contributed by atoms with Crippen LogP contribution in [-0.2, 0) is 20.5 Å². The van der Waals surface area contributed by atoms with Gasteiger partial charge in [-0.25, -0.2) is 4.98 Å². The second-order valence-electron chi connectivity index (χ2n) is 4.33.